The number of carbonyl (C=O) groups is 5. The van der Waals surface area contributed by atoms with Crippen molar-refractivity contribution in [1.29, 1.82) is 0 Å². The maximum absolute atomic E-state index is 13.0. The van der Waals surface area contributed by atoms with Gasteiger partial charge < -0.3 is 24.4 Å². The van der Waals surface area contributed by atoms with E-state index in [9.17, 15) is 24.0 Å². The summed E-state index contributed by atoms with van der Waals surface area (Å²) in [5.74, 6) is -1.20. The summed E-state index contributed by atoms with van der Waals surface area (Å²) in [7, 11) is 0. The van der Waals surface area contributed by atoms with E-state index >= 15 is 0 Å². The number of hydrogen-bond acceptors (Lipinski definition) is 6. The van der Waals surface area contributed by atoms with Crippen molar-refractivity contribution in [1.82, 2.24) is 14.5 Å². The Hall–Kier alpha value is -8.65. The number of carboxylic acids is 1. The van der Waals surface area contributed by atoms with E-state index in [4.69, 9.17) is 21.4 Å². The zero-order valence-electron chi connectivity index (χ0n) is 55.3. The molecule has 10 nitrogen and oxygen atoms in total. The number of carboxylic acid groups (broad SMARTS) is 1. The average molecular weight is 1350 g/mol. The maximum Gasteiger partial charge on any atom is 0.338 e. The number of hydrogen-bond donors (Lipinski definition) is 3. The number of aromatic nitrogens is 3. The van der Waals surface area contributed by atoms with Crippen LogP contribution >= 0.6 is 34.2 Å². The van der Waals surface area contributed by atoms with Crippen molar-refractivity contribution in [2.24, 2.45) is 0 Å². The minimum absolute atomic E-state index is 0. The van der Waals surface area contributed by atoms with Crippen molar-refractivity contribution >= 4 is 95.6 Å². The number of para-hydroxylation sites is 3. The minimum atomic E-state index is -0.964. The number of ketones is 2. The standard InChI is InChI=1S/C22H15NO3.C15H11NO.C9H9IO2.C8H7N.C7H5ClO.8C2H6.CH4/c24-21(15-6-2-1-3-7-15)19-14-23(20-9-5-4-8-18(19)20)17-12-10-16(11-13-17)22(25)26;17-15(11-6-2-1-3-7-11)13-10-16-14-9-5-4-8-12(13)14;1-2-12-9(11)7-3-5-8(10)6-4-7;1-2-4-8-7(3-1)5-6-9-8;8-7(9)6-4-2-1-3-5-6;8*1-2;/h1-14H,(H,25,26);1-10,16H;3-6H,2H2,1H3;1-6,9H;1-5H;8*1-2H3;1H4. The number of carbonyl (C=O) groups excluding carboxylic acids is 4. The molecule has 3 aromatic heterocycles. The highest BCUT2D eigenvalue weighted by atomic mass is 127. The lowest BCUT2D eigenvalue weighted by atomic mass is 10.0. The van der Waals surface area contributed by atoms with Gasteiger partial charge in [-0.1, -0.05) is 264 Å². The van der Waals surface area contributed by atoms with Gasteiger partial charge >= 0.3 is 11.9 Å². The summed E-state index contributed by atoms with van der Waals surface area (Å²) in [6, 6.07) is 66.9. The SMILES string of the molecule is C.CC.CC.CC.CC.CC.CC.CC.CC.CCOC(=O)c1ccc(I)cc1.O=C(Cl)c1ccccc1.O=C(O)c1ccc(-n2cc(C(=O)c3ccccc3)c3ccccc32)cc1.O=C(c1ccccc1)c1c[nH]c2ccccc12.c1ccc2[nH]ccc2c1. The lowest BCUT2D eigenvalue weighted by Crippen LogP contribution is -2.03. The number of halogens is 2. The van der Waals surface area contributed by atoms with Crippen LogP contribution in [0.2, 0.25) is 0 Å². The highest BCUT2D eigenvalue weighted by Crippen LogP contribution is 2.27. The normalized spacial score (nSPS) is 8.83. The van der Waals surface area contributed by atoms with Gasteiger partial charge in [0.2, 0.25) is 0 Å². The van der Waals surface area contributed by atoms with Gasteiger partial charge in [0, 0.05) is 77.5 Å². The minimum Gasteiger partial charge on any atom is -0.478 e. The molecule has 0 aliphatic carbocycles. The fraction of sp³-hybridized carbons (Fsp3) is 0.244. The van der Waals surface area contributed by atoms with Crippen LogP contribution in [0, 0.1) is 3.57 Å². The molecule has 0 fully saturated rings. The number of ether oxygens (including phenoxy) is 1. The van der Waals surface area contributed by atoms with E-state index in [0.717, 1.165) is 42.2 Å². The van der Waals surface area contributed by atoms with Gasteiger partial charge in [-0.15, -0.1) is 0 Å². The number of benzene rings is 8. The summed E-state index contributed by atoms with van der Waals surface area (Å²) in [4.78, 5) is 64.1. The number of fused-ring (bicyclic) bond motifs is 3. The molecule has 0 atom stereocenters. The summed E-state index contributed by atoms with van der Waals surface area (Å²) >= 11 is 7.35. The van der Waals surface area contributed by atoms with Crippen LogP contribution < -0.4 is 0 Å². The first-order valence-electron chi connectivity index (χ1n) is 30.9. The summed E-state index contributed by atoms with van der Waals surface area (Å²) in [6.45, 7) is 34.2. The predicted octanol–water partition coefficient (Wildman–Crippen LogP) is 23.5. The van der Waals surface area contributed by atoms with Crippen LogP contribution in [0.4, 0.5) is 0 Å². The van der Waals surface area contributed by atoms with Crippen LogP contribution in [0.3, 0.4) is 0 Å². The van der Waals surface area contributed by atoms with Crippen LogP contribution in [0.25, 0.3) is 38.4 Å². The molecule has 8 aromatic carbocycles. The van der Waals surface area contributed by atoms with Gasteiger partial charge in [0.25, 0.3) is 5.24 Å². The van der Waals surface area contributed by atoms with E-state index in [1.165, 1.54) is 10.9 Å². The number of nitrogens with one attached hydrogen (secondary N) is 2. The molecule has 0 aliphatic rings. The largest absolute Gasteiger partial charge is 0.478 e. The summed E-state index contributed by atoms with van der Waals surface area (Å²) in [5, 5.41) is 11.8. The molecule has 0 amide bonds. The van der Waals surface area contributed by atoms with E-state index in [-0.39, 0.29) is 30.5 Å². The number of aromatic carboxylic acids is 1. The zero-order chi connectivity index (χ0) is 67.5. The number of H-pyrrole nitrogens is 2. The first kappa shape index (κ1) is 85.6. The first-order valence-corrected chi connectivity index (χ1v) is 32.4. The van der Waals surface area contributed by atoms with E-state index in [0.29, 0.717) is 28.9 Å². The Morgan fingerprint density at radius 2 is 0.856 bits per heavy atom. The van der Waals surface area contributed by atoms with Gasteiger partial charge in [-0.05, 0) is 119 Å². The molecule has 0 unspecified atom stereocenters. The second-order valence-electron chi connectivity index (χ2n) is 15.9. The number of nitrogens with zero attached hydrogens (tertiary/aromatic N) is 1. The Balaban J connectivity index is -0.00000104. The molecule has 11 rings (SSSR count). The van der Waals surface area contributed by atoms with Crippen LogP contribution in [-0.4, -0.2) is 55.0 Å². The summed E-state index contributed by atoms with van der Waals surface area (Å²) in [5.41, 5.74) is 7.98. The van der Waals surface area contributed by atoms with Gasteiger partial charge in [-0.25, -0.2) is 9.59 Å². The Bertz CT molecular complexity index is 3570. The van der Waals surface area contributed by atoms with Crippen molar-refractivity contribution in [3.8, 4) is 5.69 Å². The Morgan fingerprint density at radius 3 is 1.31 bits per heavy atom. The van der Waals surface area contributed by atoms with Crippen LogP contribution in [0.5, 0.6) is 0 Å². The van der Waals surface area contributed by atoms with Crippen molar-refractivity contribution < 1.29 is 33.8 Å². The third-order valence-electron chi connectivity index (χ3n) is 11.1. The van der Waals surface area contributed by atoms with E-state index in [1.807, 2.05) is 255 Å². The summed E-state index contributed by atoms with van der Waals surface area (Å²) < 4.78 is 7.85. The molecule has 0 saturated carbocycles. The second kappa shape index (κ2) is 53.4. The lowest BCUT2D eigenvalue weighted by molar-refractivity contribution is 0.0525. The van der Waals surface area contributed by atoms with E-state index in [1.54, 1.807) is 85.9 Å². The topological polar surface area (TPSA) is 151 Å². The fourth-order valence-corrected chi connectivity index (χ4v) is 7.94. The zero-order valence-corrected chi connectivity index (χ0v) is 58.2. The van der Waals surface area contributed by atoms with Crippen molar-refractivity contribution in [3.05, 3.63) is 279 Å². The van der Waals surface area contributed by atoms with Crippen LogP contribution in [0.1, 0.15) is 188 Å². The van der Waals surface area contributed by atoms with Gasteiger partial charge in [0.05, 0.1) is 23.3 Å². The molecule has 0 aliphatic heterocycles. The molecule has 12 heteroatoms. The van der Waals surface area contributed by atoms with Crippen LogP contribution in [0.15, 0.2) is 237 Å². The predicted molar refractivity (Wildman–Crippen MR) is 396 cm³/mol. The van der Waals surface area contributed by atoms with Crippen LogP contribution in [-0.2, 0) is 4.74 Å². The molecule has 3 N–H and O–H groups in total. The Kier molecular flexibility index (Phi) is 50.7. The summed E-state index contributed by atoms with van der Waals surface area (Å²) in [6.07, 6.45) is 5.54. The fourth-order valence-electron chi connectivity index (χ4n) is 7.45. The monoisotopic (exact) mass is 1350 g/mol. The third kappa shape index (κ3) is 28.7. The molecule has 0 radical (unpaired) electrons. The molecule has 0 bridgehead atoms. The van der Waals surface area contributed by atoms with Crippen molar-refractivity contribution in [2.45, 2.75) is 125 Å². The smallest absolute Gasteiger partial charge is 0.338 e. The second-order valence-corrected chi connectivity index (χ2v) is 17.4. The van der Waals surface area contributed by atoms with Crippen molar-refractivity contribution in [3.63, 3.8) is 0 Å². The average Bonchev–Trinajstić information content (AvgIpc) is 1.81. The third-order valence-corrected chi connectivity index (χ3v) is 12.0. The molecule has 3 heterocycles. The first-order chi connectivity index (χ1) is 43.5. The molecular weight excluding hydrogens is 1250 g/mol. The molecule has 90 heavy (non-hydrogen) atoms. The van der Waals surface area contributed by atoms with E-state index < -0.39 is 11.2 Å². The molecule has 0 saturated heterocycles. The molecule has 11 aromatic rings. The highest BCUT2D eigenvalue weighted by Gasteiger charge is 2.18. The highest BCUT2D eigenvalue weighted by molar-refractivity contribution is 14.1. The molecular formula is C78H99ClIN3O7. The lowest BCUT2D eigenvalue weighted by Gasteiger charge is -2.05. The Morgan fingerprint density at radius 1 is 0.444 bits per heavy atom. The number of rotatable bonds is 9. The molecule has 482 valence electrons. The van der Waals surface area contributed by atoms with E-state index in [2.05, 4.69) is 50.8 Å². The maximum atomic E-state index is 13.0. The van der Waals surface area contributed by atoms with Gasteiger partial charge in [-0.2, -0.15) is 0 Å². The van der Waals surface area contributed by atoms with Gasteiger partial charge in [-0.3, -0.25) is 14.4 Å². The van der Waals surface area contributed by atoms with Crippen molar-refractivity contribution in [2.75, 3.05) is 6.61 Å². The number of aromatic amines is 2. The quantitative estimate of drug-likeness (QED) is 0.0563. The van der Waals surface area contributed by atoms with Gasteiger partial charge in [0.15, 0.2) is 11.6 Å². The van der Waals surface area contributed by atoms with Gasteiger partial charge in [0.1, 0.15) is 0 Å². The number of esters is 1. The Labute approximate surface area is 557 Å². The molecule has 0 spiro atoms.